The van der Waals surface area contributed by atoms with Gasteiger partial charge in [0.15, 0.2) is 0 Å². The van der Waals surface area contributed by atoms with E-state index in [2.05, 4.69) is 22.8 Å². The van der Waals surface area contributed by atoms with E-state index in [0.717, 1.165) is 96.9 Å². The Morgan fingerprint density at radius 1 is 1.06 bits per heavy atom. The van der Waals surface area contributed by atoms with Gasteiger partial charge in [-0.2, -0.15) is 5.10 Å². The molecule has 10 nitrogen and oxygen atoms in total. The number of benzene rings is 3. The normalized spacial score (nSPS) is 15.8. The number of fused-ring (bicyclic) bond motifs is 2. The van der Waals surface area contributed by atoms with Crippen LogP contribution in [0.1, 0.15) is 69.8 Å². The van der Waals surface area contributed by atoms with Gasteiger partial charge in [-0.3, -0.25) is 9.48 Å². The predicted octanol–water partition coefficient (Wildman–Crippen LogP) is 8.39. The molecule has 1 aliphatic rings. The molecule has 2 N–H and O–H groups in total. The lowest BCUT2D eigenvalue weighted by Gasteiger charge is -2.36. The number of amides is 1. The number of likely N-dealkylation sites (N-methyl/N-ethyl adjacent to an activating group) is 1. The Morgan fingerprint density at radius 2 is 1.74 bits per heavy atom. The molecule has 0 spiro atoms. The zero-order valence-corrected chi connectivity index (χ0v) is 34.3. The van der Waals surface area contributed by atoms with E-state index in [0.29, 0.717) is 29.6 Å². The van der Waals surface area contributed by atoms with Crippen molar-refractivity contribution in [3.05, 3.63) is 85.8 Å². The fourth-order valence-corrected chi connectivity index (χ4v) is 9.06. The zero-order valence-electron chi connectivity index (χ0n) is 32.8. The Hall–Kier alpha value is -4.67. The van der Waals surface area contributed by atoms with Crippen LogP contribution in [-0.2, 0) is 18.9 Å². The molecular formula is C42H50Cl2N6O4. The largest absolute Gasteiger partial charge is 0.496 e. The van der Waals surface area contributed by atoms with Crippen molar-refractivity contribution >= 4 is 57.7 Å². The van der Waals surface area contributed by atoms with Crippen LogP contribution in [0.3, 0.4) is 0 Å². The average molecular weight is 774 g/mol. The molecule has 6 rings (SSSR count). The van der Waals surface area contributed by atoms with Gasteiger partial charge < -0.3 is 34.4 Å². The Morgan fingerprint density at radius 3 is 2.33 bits per heavy atom. The first-order valence-corrected chi connectivity index (χ1v) is 19.0. The van der Waals surface area contributed by atoms with Crippen LogP contribution >= 0.6 is 23.2 Å². The van der Waals surface area contributed by atoms with Crippen LogP contribution in [0.5, 0.6) is 11.5 Å². The van der Waals surface area contributed by atoms with E-state index in [1.54, 1.807) is 7.11 Å². The molecule has 0 saturated heterocycles. The number of aldehydes is 1. The van der Waals surface area contributed by atoms with Crippen LogP contribution in [0.4, 0.5) is 11.4 Å². The summed E-state index contributed by atoms with van der Waals surface area (Å²) in [6.07, 6.45) is 2.55. The number of aryl methyl sites for hydroxylation is 6. The average Bonchev–Trinajstić information content (AvgIpc) is 3.69. The summed E-state index contributed by atoms with van der Waals surface area (Å²) in [6.45, 7) is 13.1. The monoisotopic (exact) mass is 772 g/mol. The highest BCUT2D eigenvalue weighted by atomic mass is 35.5. The van der Waals surface area contributed by atoms with Crippen LogP contribution < -0.4 is 25.0 Å². The standard InChI is InChI=1S/C42H50Cl2N6O4/c1-22-18-28(19-23(2)38(22)44)54-17-11-12-29-30-13-14-31(43)37(36-26(5)46-49(9)27(36)6)40(30)50(33(29)21-51)24(3)20-47(7)32-15-16-34(53-10)35-25(4)39(42(45)52)48(8)41(32)35/h13-16,18-19,21,24,29,33H,11-12,17,20H2,1-10H3,(H2,45,52)/t24-,29?,33?/m1/s1. The minimum Gasteiger partial charge on any atom is -0.496 e. The van der Waals surface area contributed by atoms with Gasteiger partial charge in [-0.25, -0.2) is 0 Å². The quantitative estimate of drug-likeness (QED) is 0.0947. The fraction of sp³-hybridized carbons (Fsp3) is 0.405. The maximum absolute atomic E-state index is 13.4. The first kappa shape index (κ1) is 39.0. The SMILES string of the molecule is COc1ccc(N(C)C[C@@H](C)N2c3c(ccc(Cl)c3-c3c(C)nn(C)c3C)C(CCCOc3cc(C)c(Cl)c(C)c3)C2C=O)c2c1c(C)c(C(N)=O)n2C. The summed E-state index contributed by atoms with van der Waals surface area (Å²) >= 11 is 13.5. The number of rotatable bonds is 13. The number of ether oxygens (including phenoxy) is 2. The number of anilines is 2. The van der Waals surface area contributed by atoms with Crippen LogP contribution in [0.2, 0.25) is 10.0 Å². The topological polar surface area (TPSA) is 108 Å². The molecule has 0 aliphatic carbocycles. The smallest absolute Gasteiger partial charge is 0.265 e. The van der Waals surface area contributed by atoms with Crippen molar-refractivity contribution in [1.82, 2.24) is 14.3 Å². The molecule has 286 valence electrons. The first-order chi connectivity index (χ1) is 25.6. The van der Waals surface area contributed by atoms with E-state index < -0.39 is 11.9 Å². The summed E-state index contributed by atoms with van der Waals surface area (Å²) in [5.74, 6) is 0.849. The van der Waals surface area contributed by atoms with E-state index in [1.165, 1.54) is 0 Å². The minimum absolute atomic E-state index is 0.0998. The van der Waals surface area contributed by atoms with Crippen LogP contribution in [-0.4, -0.2) is 65.9 Å². The molecule has 5 aromatic rings. The number of primary amides is 1. The highest BCUT2D eigenvalue weighted by molar-refractivity contribution is 6.34. The second-order valence-electron chi connectivity index (χ2n) is 14.7. The highest BCUT2D eigenvalue weighted by Crippen LogP contribution is 2.52. The molecule has 3 heterocycles. The van der Waals surface area contributed by atoms with Gasteiger partial charge in [-0.15, -0.1) is 0 Å². The van der Waals surface area contributed by atoms with Crippen LogP contribution in [0.15, 0.2) is 36.4 Å². The molecule has 0 saturated carbocycles. The summed E-state index contributed by atoms with van der Waals surface area (Å²) in [4.78, 5) is 30.4. The van der Waals surface area contributed by atoms with Gasteiger partial charge in [0.25, 0.3) is 5.91 Å². The summed E-state index contributed by atoms with van der Waals surface area (Å²) in [7, 11) is 7.44. The van der Waals surface area contributed by atoms with Crippen molar-refractivity contribution in [2.24, 2.45) is 19.8 Å². The number of nitrogens with two attached hydrogens (primary N) is 1. The Kier molecular flexibility index (Phi) is 11.0. The Balaban J connectivity index is 1.39. The summed E-state index contributed by atoms with van der Waals surface area (Å²) < 4.78 is 15.7. The lowest BCUT2D eigenvalue weighted by atomic mass is 9.89. The summed E-state index contributed by atoms with van der Waals surface area (Å²) in [6, 6.07) is 11.3. The minimum atomic E-state index is -0.502. The number of hydrogen-bond acceptors (Lipinski definition) is 7. The molecule has 3 aromatic carbocycles. The Labute approximate surface area is 327 Å². The molecule has 3 atom stereocenters. The van der Waals surface area contributed by atoms with Gasteiger partial charge in [0.1, 0.15) is 23.5 Å². The molecule has 2 unspecified atom stereocenters. The number of carbonyl (C=O) groups is 2. The van der Waals surface area contributed by atoms with E-state index in [1.807, 2.05) is 95.3 Å². The second-order valence-corrected chi connectivity index (χ2v) is 15.5. The van der Waals surface area contributed by atoms with Gasteiger partial charge in [0, 0.05) is 66.9 Å². The molecule has 0 bridgehead atoms. The third kappa shape index (κ3) is 6.57. The van der Waals surface area contributed by atoms with Crippen molar-refractivity contribution in [3.8, 4) is 22.6 Å². The van der Waals surface area contributed by atoms with Crippen molar-refractivity contribution in [3.63, 3.8) is 0 Å². The fourth-order valence-electron chi connectivity index (χ4n) is 8.70. The molecular weight excluding hydrogens is 723 g/mol. The van der Waals surface area contributed by atoms with E-state index >= 15 is 0 Å². The molecule has 1 amide bonds. The van der Waals surface area contributed by atoms with E-state index in [9.17, 15) is 9.59 Å². The molecule has 2 aromatic heterocycles. The maximum atomic E-state index is 13.4. The summed E-state index contributed by atoms with van der Waals surface area (Å²) in [5, 5.41) is 6.93. The highest BCUT2D eigenvalue weighted by Gasteiger charge is 2.43. The van der Waals surface area contributed by atoms with Crippen molar-refractivity contribution in [1.29, 1.82) is 0 Å². The zero-order chi connectivity index (χ0) is 39.3. The van der Waals surface area contributed by atoms with Gasteiger partial charge in [-0.1, -0.05) is 29.3 Å². The first-order valence-electron chi connectivity index (χ1n) is 18.3. The number of aromatic nitrogens is 3. The molecule has 54 heavy (non-hydrogen) atoms. The van der Waals surface area contributed by atoms with Crippen LogP contribution in [0.25, 0.3) is 22.0 Å². The number of nitrogens with zero attached hydrogens (tertiary/aromatic N) is 5. The van der Waals surface area contributed by atoms with Gasteiger partial charge in [0.2, 0.25) is 0 Å². The van der Waals surface area contributed by atoms with Crippen molar-refractivity contribution < 1.29 is 19.1 Å². The Bertz CT molecular complexity index is 2250. The van der Waals surface area contributed by atoms with Crippen LogP contribution in [0, 0.1) is 34.6 Å². The van der Waals surface area contributed by atoms with Gasteiger partial charge in [0.05, 0.1) is 47.4 Å². The third-order valence-corrected chi connectivity index (χ3v) is 12.1. The summed E-state index contributed by atoms with van der Waals surface area (Å²) in [5.41, 5.74) is 16.5. The third-order valence-electron chi connectivity index (χ3n) is 11.2. The lowest BCUT2D eigenvalue weighted by Crippen LogP contribution is -2.47. The number of methoxy groups -OCH3 is 1. The van der Waals surface area contributed by atoms with E-state index in [-0.39, 0.29) is 12.0 Å². The van der Waals surface area contributed by atoms with Gasteiger partial charge >= 0.3 is 0 Å². The number of halogens is 2. The van der Waals surface area contributed by atoms with Crippen molar-refractivity contribution in [2.75, 3.05) is 37.1 Å². The number of carbonyl (C=O) groups excluding carboxylic acids is 2. The molecule has 0 radical (unpaired) electrons. The molecule has 12 heteroatoms. The second kappa shape index (κ2) is 15.2. The number of hydrogen-bond donors (Lipinski definition) is 1. The predicted molar refractivity (Wildman–Crippen MR) is 219 cm³/mol. The van der Waals surface area contributed by atoms with Gasteiger partial charge in [-0.05, 0) is 107 Å². The lowest BCUT2D eigenvalue weighted by molar-refractivity contribution is -0.109. The molecule has 1 aliphatic heterocycles. The van der Waals surface area contributed by atoms with E-state index in [4.69, 9.17) is 43.5 Å². The maximum Gasteiger partial charge on any atom is 0.265 e. The molecule has 0 fully saturated rings. The van der Waals surface area contributed by atoms with Crippen molar-refractivity contribution in [2.45, 2.75) is 72.4 Å².